The highest BCUT2D eigenvalue weighted by atomic mass is 35.5. The van der Waals surface area contributed by atoms with Crippen molar-refractivity contribution in [1.29, 1.82) is 0 Å². The molecule has 2 N–H and O–H groups in total. The Morgan fingerprint density at radius 3 is 3.00 bits per heavy atom. The molecule has 0 heterocycles. The first-order chi connectivity index (χ1) is 6.72. The van der Waals surface area contributed by atoms with Crippen molar-refractivity contribution >= 4 is 11.6 Å². The van der Waals surface area contributed by atoms with E-state index < -0.39 is 0 Å². The van der Waals surface area contributed by atoms with Crippen molar-refractivity contribution in [2.45, 2.75) is 25.3 Å². The summed E-state index contributed by atoms with van der Waals surface area (Å²) in [6.07, 6.45) is 3.28. The van der Waals surface area contributed by atoms with Gasteiger partial charge >= 0.3 is 0 Å². The van der Waals surface area contributed by atoms with Crippen LogP contribution in [0.4, 0.5) is 0 Å². The molecule has 76 valence electrons. The van der Waals surface area contributed by atoms with Crippen LogP contribution in [0.1, 0.15) is 30.0 Å². The van der Waals surface area contributed by atoms with Crippen LogP contribution >= 0.6 is 11.6 Å². The fourth-order valence-electron chi connectivity index (χ4n) is 2.00. The van der Waals surface area contributed by atoms with Gasteiger partial charge in [0.2, 0.25) is 0 Å². The Morgan fingerprint density at radius 2 is 2.29 bits per heavy atom. The highest BCUT2D eigenvalue weighted by Crippen LogP contribution is 2.35. The maximum Gasteiger partial charge on any atom is 0.137 e. The minimum Gasteiger partial charge on any atom is -0.495 e. The summed E-state index contributed by atoms with van der Waals surface area (Å²) in [6, 6.07) is 4.10. The van der Waals surface area contributed by atoms with Gasteiger partial charge in [0.05, 0.1) is 12.1 Å². The SMILES string of the molecule is COc1cc2c(cc1Cl)CCC[C@H]2N. The lowest BCUT2D eigenvalue weighted by molar-refractivity contribution is 0.412. The van der Waals surface area contributed by atoms with Gasteiger partial charge in [0.15, 0.2) is 0 Å². The molecule has 0 fully saturated rings. The van der Waals surface area contributed by atoms with Gasteiger partial charge in [0, 0.05) is 6.04 Å². The molecule has 1 aliphatic carbocycles. The van der Waals surface area contributed by atoms with Gasteiger partial charge in [-0.3, -0.25) is 0 Å². The van der Waals surface area contributed by atoms with Gasteiger partial charge in [-0.1, -0.05) is 11.6 Å². The molecule has 2 rings (SSSR count). The van der Waals surface area contributed by atoms with Crippen molar-refractivity contribution in [2.24, 2.45) is 5.73 Å². The first-order valence-corrected chi connectivity index (χ1v) is 5.22. The van der Waals surface area contributed by atoms with Crippen molar-refractivity contribution in [3.63, 3.8) is 0 Å². The number of hydrogen-bond acceptors (Lipinski definition) is 2. The van der Waals surface area contributed by atoms with E-state index in [1.807, 2.05) is 12.1 Å². The summed E-state index contributed by atoms with van der Waals surface area (Å²) in [4.78, 5) is 0. The van der Waals surface area contributed by atoms with Gasteiger partial charge in [0.25, 0.3) is 0 Å². The molecule has 1 aromatic carbocycles. The third kappa shape index (κ3) is 1.60. The van der Waals surface area contributed by atoms with E-state index >= 15 is 0 Å². The topological polar surface area (TPSA) is 35.2 Å². The van der Waals surface area contributed by atoms with Crippen LogP contribution in [0.5, 0.6) is 5.75 Å². The summed E-state index contributed by atoms with van der Waals surface area (Å²) >= 11 is 6.04. The number of aryl methyl sites for hydroxylation is 1. The molecule has 0 aliphatic heterocycles. The minimum atomic E-state index is 0.143. The Hall–Kier alpha value is -0.730. The standard InChI is InChI=1S/C11H14ClNO/c1-14-11-6-8-7(5-9(11)12)3-2-4-10(8)13/h5-6,10H,2-4,13H2,1H3/t10-/m1/s1. The van der Waals surface area contributed by atoms with Crippen LogP contribution in [0.15, 0.2) is 12.1 Å². The van der Waals surface area contributed by atoms with Gasteiger partial charge in [-0.25, -0.2) is 0 Å². The molecular formula is C11H14ClNO. The zero-order valence-electron chi connectivity index (χ0n) is 8.22. The molecule has 0 unspecified atom stereocenters. The third-order valence-corrected chi connectivity index (χ3v) is 3.07. The van der Waals surface area contributed by atoms with Crippen LogP contribution in [-0.2, 0) is 6.42 Å². The summed E-state index contributed by atoms with van der Waals surface area (Å²) in [6.45, 7) is 0. The lowest BCUT2D eigenvalue weighted by Crippen LogP contribution is -2.17. The van der Waals surface area contributed by atoms with Gasteiger partial charge in [-0.15, -0.1) is 0 Å². The van der Waals surface area contributed by atoms with E-state index in [0.29, 0.717) is 5.02 Å². The van der Waals surface area contributed by atoms with E-state index in [0.717, 1.165) is 25.0 Å². The van der Waals surface area contributed by atoms with E-state index in [2.05, 4.69) is 0 Å². The highest BCUT2D eigenvalue weighted by Gasteiger charge is 2.18. The maximum absolute atomic E-state index is 6.04. The summed E-state index contributed by atoms with van der Waals surface area (Å²) in [5.74, 6) is 0.725. The Kier molecular flexibility index (Phi) is 2.66. The van der Waals surface area contributed by atoms with E-state index in [9.17, 15) is 0 Å². The number of ether oxygens (including phenoxy) is 1. The molecule has 1 aliphatic rings. The lowest BCUT2D eigenvalue weighted by atomic mass is 9.88. The second-order valence-electron chi connectivity index (χ2n) is 3.68. The van der Waals surface area contributed by atoms with Crippen molar-refractivity contribution in [3.05, 3.63) is 28.3 Å². The molecule has 0 saturated heterocycles. The lowest BCUT2D eigenvalue weighted by Gasteiger charge is -2.23. The number of halogens is 1. The van der Waals surface area contributed by atoms with Crippen molar-refractivity contribution < 1.29 is 4.74 Å². The number of rotatable bonds is 1. The van der Waals surface area contributed by atoms with Crippen molar-refractivity contribution in [1.82, 2.24) is 0 Å². The van der Waals surface area contributed by atoms with E-state index in [-0.39, 0.29) is 6.04 Å². The molecule has 2 nitrogen and oxygen atoms in total. The van der Waals surface area contributed by atoms with Gasteiger partial charge in [0.1, 0.15) is 5.75 Å². The molecule has 3 heteroatoms. The zero-order valence-corrected chi connectivity index (χ0v) is 8.97. The van der Waals surface area contributed by atoms with E-state index in [1.165, 1.54) is 11.1 Å². The largest absolute Gasteiger partial charge is 0.495 e. The number of methoxy groups -OCH3 is 1. The molecule has 0 saturated carbocycles. The number of benzene rings is 1. The van der Waals surface area contributed by atoms with Crippen LogP contribution in [0, 0.1) is 0 Å². The quantitative estimate of drug-likeness (QED) is 0.775. The number of nitrogens with two attached hydrogens (primary N) is 1. The highest BCUT2D eigenvalue weighted by molar-refractivity contribution is 6.32. The normalized spacial score (nSPS) is 20.4. The Bertz CT molecular complexity index is 351. The second kappa shape index (κ2) is 3.79. The van der Waals surface area contributed by atoms with Crippen LogP contribution in [0.3, 0.4) is 0 Å². The fourth-order valence-corrected chi connectivity index (χ4v) is 2.26. The molecule has 1 aromatic rings. The first kappa shape index (κ1) is 9.81. The summed E-state index contributed by atoms with van der Waals surface area (Å²) in [5.41, 5.74) is 8.49. The molecular weight excluding hydrogens is 198 g/mol. The molecule has 0 bridgehead atoms. The van der Waals surface area contributed by atoms with Gasteiger partial charge < -0.3 is 10.5 Å². The van der Waals surface area contributed by atoms with E-state index in [1.54, 1.807) is 7.11 Å². The average molecular weight is 212 g/mol. The Morgan fingerprint density at radius 1 is 1.50 bits per heavy atom. The maximum atomic E-state index is 6.04. The monoisotopic (exact) mass is 211 g/mol. The molecule has 0 aromatic heterocycles. The minimum absolute atomic E-state index is 0.143. The Labute approximate surface area is 89.0 Å². The summed E-state index contributed by atoms with van der Waals surface area (Å²) in [5, 5.41) is 0.681. The number of hydrogen-bond donors (Lipinski definition) is 1. The molecule has 0 spiro atoms. The summed E-state index contributed by atoms with van der Waals surface area (Å²) < 4.78 is 5.17. The van der Waals surface area contributed by atoms with Crippen LogP contribution in [0.2, 0.25) is 5.02 Å². The predicted molar refractivity (Wildman–Crippen MR) is 57.9 cm³/mol. The fraction of sp³-hybridized carbons (Fsp3) is 0.455. The number of fused-ring (bicyclic) bond motifs is 1. The summed E-state index contributed by atoms with van der Waals surface area (Å²) in [7, 11) is 1.63. The van der Waals surface area contributed by atoms with Crippen LogP contribution in [0.25, 0.3) is 0 Å². The van der Waals surface area contributed by atoms with Gasteiger partial charge in [-0.05, 0) is 42.5 Å². The molecule has 0 amide bonds. The second-order valence-corrected chi connectivity index (χ2v) is 4.09. The van der Waals surface area contributed by atoms with Crippen LogP contribution in [-0.4, -0.2) is 7.11 Å². The third-order valence-electron chi connectivity index (χ3n) is 2.77. The van der Waals surface area contributed by atoms with Crippen molar-refractivity contribution in [2.75, 3.05) is 7.11 Å². The first-order valence-electron chi connectivity index (χ1n) is 4.84. The molecule has 14 heavy (non-hydrogen) atoms. The molecule has 0 radical (unpaired) electrons. The molecule has 1 atom stereocenters. The Balaban J connectivity index is 2.49. The predicted octanol–water partition coefficient (Wildman–Crippen LogP) is 2.68. The van der Waals surface area contributed by atoms with Crippen LogP contribution < -0.4 is 10.5 Å². The smallest absolute Gasteiger partial charge is 0.137 e. The zero-order chi connectivity index (χ0) is 10.1. The van der Waals surface area contributed by atoms with Gasteiger partial charge in [-0.2, -0.15) is 0 Å². The van der Waals surface area contributed by atoms with E-state index in [4.69, 9.17) is 22.1 Å². The average Bonchev–Trinajstić information content (AvgIpc) is 2.17. The van der Waals surface area contributed by atoms with Crippen molar-refractivity contribution in [3.8, 4) is 5.75 Å².